The lowest BCUT2D eigenvalue weighted by molar-refractivity contribution is -0.129. The van der Waals surface area contributed by atoms with Gasteiger partial charge in [-0.3, -0.25) is 10.0 Å². The van der Waals surface area contributed by atoms with Gasteiger partial charge in [-0.15, -0.1) is 0 Å². The summed E-state index contributed by atoms with van der Waals surface area (Å²) in [7, 11) is 1.50. The molecule has 3 N–H and O–H groups in total. The van der Waals surface area contributed by atoms with Gasteiger partial charge in [-0.05, 0) is 36.3 Å². The third-order valence-corrected chi connectivity index (χ3v) is 5.00. The minimum Gasteiger partial charge on any atom is -0.493 e. The normalized spacial score (nSPS) is 10.4. The lowest BCUT2D eigenvalue weighted by Crippen LogP contribution is -2.17. The Balaban J connectivity index is 1.59. The van der Waals surface area contributed by atoms with Crippen molar-refractivity contribution in [2.45, 2.75) is 12.8 Å². The number of anilines is 2. The van der Waals surface area contributed by atoms with Gasteiger partial charge in [0.15, 0.2) is 17.3 Å². The molecule has 4 rings (SSSR count). The quantitative estimate of drug-likeness (QED) is 0.181. The van der Waals surface area contributed by atoms with Gasteiger partial charge in [0.2, 0.25) is 5.91 Å². The van der Waals surface area contributed by atoms with Crippen molar-refractivity contribution in [1.82, 2.24) is 15.4 Å². The molecule has 0 atom stereocenters. The number of nitrogens with one attached hydrogen (secondary N) is 2. The lowest BCUT2D eigenvalue weighted by atomic mass is 10.2. The molecule has 9 nitrogen and oxygen atoms in total. The number of carbonyl (C=O) groups is 1. The Morgan fingerprint density at radius 1 is 1.20 bits per heavy atom. The number of fused-ring (bicyclic) bond motifs is 1. The number of nitrogens with zero attached hydrogens (tertiary/aromatic N) is 2. The predicted octanol–water partition coefficient (Wildman–Crippen LogP) is 5.20. The highest BCUT2D eigenvalue weighted by atomic mass is 35.5. The molecular weight excluding hydrogens is 479 g/mol. The molecule has 2 aromatic heterocycles. The van der Waals surface area contributed by atoms with Gasteiger partial charge < -0.3 is 19.2 Å². The maximum absolute atomic E-state index is 13.5. The van der Waals surface area contributed by atoms with E-state index in [0.717, 1.165) is 0 Å². The molecule has 2 heterocycles. The van der Waals surface area contributed by atoms with Crippen LogP contribution in [-0.4, -0.2) is 28.2 Å². The molecule has 0 radical (unpaired) electrons. The number of hydroxylamine groups is 1. The summed E-state index contributed by atoms with van der Waals surface area (Å²) in [5, 5.41) is 12.2. The average molecular weight is 497 g/mol. The number of amides is 1. The number of hydrogen-bond donors (Lipinski definition) is 3. The summed E-state index contributed by atoms with van der Waals surface area (Å²) in [5.74, 6) is 6.20. The highest BCUT2D eigenvalue weighted by Gasteiger charge is 2.14. The molecule has 4 aromatic rings. The molecule has 35 heavy (non-hydrogen) atoms. The van der Waals surface area contributed by atoms with Gasteiger partial charge in [0, 0.05) is 36.0 Å². The fourth-order valence-electron chi connectivity index (χ4n) is 3.05. The third-order valence-electron chi connectivity index (χ3n) is 4.71. The second-order valence-electron chi connectivity index (χ2n) is 7.05. The highest BCUT2D eigenvalue weighted by Crippen LogP contribution is 2.37. The standard InChI is InChI=1S/C24H18ClFN4O5/c1-33-20-12-19-16(24(28-13-27-19)29-14-6-8-18(26)17(25)10-14)11-21(20)35-23-9-7-15(34-23)4-2-3-5-22(31)30-32/h6-13,32H,3,5H2,1H3,(H,30,31)(H,27,28,29). The van der Waals surface area contributed by atoms with Crippen LogP contribution in [0.4, 0.5) is 15.9 Å². The summed E-state index contributed by atoms with van der Waals surface area (Å²) >= 11 is 5.88. The second kappa shape index (κ2) is 10.7. The van der Waals surface area contributed by atoms with Crippen LogP contribution in [0.1, 0.15) is 18.6 Å². The summed E-state index contributed by atoms with van der Waals surface area (Å²) < 4.78 is 30.4. The molecule has 11 heteroatoms. The molecule has 0 saturated carbocycles. The maximum Gasteiger partial charge on any atom is 0.291 e. The Morgan fingerprint density at radius 2 is 2.06 bits per heavy atom. The molecule has 1 amide bonds. The molecule has 0 spiro atoms. The van der Waals surface area contributed by atoms with Crippen molar-refractivity contribution in [1.29, 1.82) is 0 Å². The molecule has 0 fully saturated rings. The molecule has 0 bridgehead atoms. The van der Waals surface area contributed by atoms with E-state index in [-0.39, 0.29) is 23.8 Å². The van der Waals surface area contributed by atoms with Crippen molar-refractivity contribution in [3.05, 3.63) is 65.4 Å². The van der Waals surface area contributed by atoms with Crippen LogP contribution < -0.4 is 20.3 Å². The van der Waals surface area contributed by atoms with Gasteiger partial charge in [0.1, 0.15) is 18.0 Å². The zero-order valence-corrected chi connectivity index (χ0v) is 19.0. The van der Waals surface area contributed by atoms with Crippen LogP contribution in [0.3, 0.4) is 0 Å². The van der Waals surface area contributed by atoms with Gasteiger partial charge in [-0.25, -0.2) is 19.8 Å². The summed E-state index contributed by atoms with van der Waals surface area (Å²) in [4.78, 5) is 19.6. The van der Waals surface area contributed by atoms with E-state index in [4.69, 9.17) is 30.7 Å². The van der Waals surface area contributed by atoms with E-state index >= 15 is 0 Å². The largest absolute Gasteiger partial charge is 0.493 e. The number of rotatable bonds is 7. The number of carbonyl (C=O) groups excluding carboxylic acids is 1. The van der Waals surface area contributed by atoms with Gasteiger partial charge in [0.05, 0.1) is 17.6 Å². The number of furan rings is 1. The average Bonchev–Trinajstić information content (AvgIpc) is 3.31. The van der Waals surface area contributed by atoms with Crippen molar-refractivity contribution in [2.75, 3.05) is 12.4 Å². The van der Waals surface area contributed by atoms with E-state index in [1.807, 2.05) is 0 Å². The van der Waals surface area contributed by atoms with E-state index in [0.29, 0.717) is 39.7 Å². The predicted molar refractivity (Wildman–Crippen MR) is 126 cm³/mol. The van der Waals surface area contributed by atoms with Crippen LogP contribution in [-0.2, 0) is 4.79 Å². The number of ether oxygens (including phenoxy) is 2. The first-order chi connectivity index (χ1) is 17.0. The van der Waals surface area contributed by atoms with Crippen molar-refractivity contribution >= 4 is 39.9 Å². The smallest absolute Gasteiger partial charge is 0.291 e. The molecule has 0 unspecified atom stereocenters. The van der Waals surface area contributed by atoms with Crippen LogP contribution >= 0.6 is 11.6 Å². The van der Waals surface area contributed by atoms with Crippen molar-refractivity contribution < 1.29 is 28.3 Å². The first kappa shape index (κ1) is 23.8. The number of halogens is 2. The summed E-state index contributed by atoms with van der Waals surface area (Å²) in [5.41, 5.74) is 2.67. The SMILES string of the molecule is COc1cc2ncnc(Nc3ccc(F)c(Cl)c3)c2cc1Oc1ccc(C#CCCC(=O)NO)o1. The molecule has 178 valence electrons. The van der Waals surface area contributed by atoms with Crippen LogP contribution in [0, 0.1) is 17.7 Å². The topological polar surface area (TPSA) is 119 Å². The number of benzene rings is 2. The molecule has 0 saturated heterocycles. The van der Waals surface area contributed by atoms with E-state index in [9.17, 15) is 9.18 Å². The summed E-state index contributed by atoms with van der Waals surface area (Å²) in [6.45, 7) is 0. The van der Waals surface area contributed by atoms with Crippen LogP contribution in [0.2, 0.25) is 5.02 Å². The first-order valence-electron chi connectivity index (χ1n) is 10.2. The van der Waals surface area contributed by atoms with Gasteiger partial charge in [0.25, 0.3) is 5.95 Å². The molecule has 2 aromatic carbocycles. The van der Waals surface area contributed by atoms with E-state index in [1.165, 1.54) is 31.6 Å². The Kier molecular flexibility index (Phi) is 7.30. The minimum absolute atomic E-state index is 0.0209. The van der Waals surface area contributed by atoms with Crippen molar-refractivity contribution in [2.24, 2.45) is 0 Å². The zero-order valence-electron chi connectivity index (χ0n) is 18.3. The monoisotopic (exact) mass is 496 g/mol. The lowest BCUT2D eigenvalue weighted by Gasteiger charge is -2.13. The highest BCUT2D eigenvalue weighted by molar-refractivity contribution is 6.31. The van der Waals surface area contributed by atoms with Gasteiger partial charge in [-0.1, -0.05) is 17.5 Å². The van der Waals surface area contributed by atoms with Crippen molar-refractivity contribution in [3.8, 4) is 29.3 Å². The number of aromatic nitrogens is 2. The van der Waals surface area contributed by atoms with Gasteiger partial charge in [-0.2, -0.15) is 0 Å². The van der Waals surface area contributed by atoms with Crippen LogP contribution in [0.5, 0.6) is 17.4 Å². The number of hydrogen-bond acceptors (Lipinski definition) is 8. The van der Waals surface area contributed by atoms with Crippen molar-refractivity contribution in [3.63, 3.8) is 0 Å². The van der Waals surface area contributed by atoms with E-state index in [2.05, 4.69) is 27.1 Å². The van der Waals surface area contributed by atoms with E-state index in [1.54, 1.807) is 29.7 Å². The Hall–Kier alpha value is -4.33. The Bertz CT molecular complexity index is 1450. The fourth-order valence-corrected chi connectivity index (χ4v) is 3.23. The van der Waals surface area contributed by atoms with Gasteiger partial charge >= 0.3 is 0 Å². The Labute approximate surface area is 203 Å². The molecular formula is C24H18ClFN4O5. The number of methoxy groups -OCH3 is 1. The zero-order chi connectivity index (χ0) is 24.8. The summed E-state index contributed by atoms with van der Waals surface area (Å²) in [6.07, 6.45) is 1.69. The molecule has 0 aliphatic rings. The fraction of sp³-hybridized carbons (Fsp3) is 0.125. The first-order valence-corrected chi connectivity index (χ1v) is 10.6. The second-order valence-corrected chi connectivity index (χ2v) is 7.46. The van der Waals surface area contributed by atoms with Crippen LogP contribution in [0.15, 0.2) is 53.2 Å². The molecule has 0 aliphatic carbocycles. The minimum atomic E-state index is -0.525. The molecule has 0 aliphatic heterocycles. The summed E-state index contributed by atoms with van der Waals surface area (Å²) in [6, 6.07) is 10.8. The van der Waals surface area contributed by atoms with E-state index < -0.39 is 11.7 Å². The van der Waals surface area contributed by atoms with Crippen LogP contribution in [0.25, 0.3) is 10.9 Å². The third kappa shape index (κ3) is 5.78. The Morgan fingerprint density at radius 3 is 2.83 bits per heavy atom. The maximum atomic E-state index is 13.5.